The van der Waals surface area contributed by atoms with Crippen LogP contribution in [0.3, 0.4) is 0 Å². The average molecular weight is 684 g/mol. The smallest absolute Gasteiger partial charge is 0.410 e. The molecule has 47 heavy (non-hydrogen) atoms. The zero-order valence-electron chi connectivity index (χ0n) is 29.4. The molecule has 1 aromatic carbocycles. The number of amides is 2. The van der Waals surface area contributed by atoms with E-state index in [1.165, 1.54) is 16.9 Å². The van der Waals surface area contributed by atoms with Crippen LogP contribution in [-0.4, -0.2) is 64.1 Å². The Labute approximate surface area is 289 Å². The first kappa shape index (κ1) is 36.9. The minimum Gasteiger partial charge on any atom is -0.444 e. The summed E-state index contributed by atoms with van der Waals surface area (Å²) < 4.78 is 12.5. The molecular formula is C36H53N5O4S2. The molecule has 11 heteroatoms. The molecule has 1 atom stereocenters. The van der Waals surface area contributed by atoms with Crippen molar-refractivity contribution in [1.29, 1.82) is 0 Å². The number of thioether (sulfide) groups is 1. The van der Waals surface area contributed by atoms with Gasteiger partial charge in [-0.2, -0.15) is 0 Å². The third-order valence-electron chi connectivity index (χ3n) is 8.32. The van der Waals surface area contributed by atoms with Crippen molar-refractivity contribution in [3.63, 3.8) is 0 Å². The van der Waals surface area contributed by atoms with Crippen LogP contribution in [0.15, 0.2) is 45.3 Å². The molecule has 1 aliphatic rings. The summed E-state index contributed by atoms with van der Waals surface area (Å²) in [6.07, 6.45) is 8.97. The molecule has 258 valence electrons. The molecular weight excluding hydrogens is 631 g/mol. The predicted molar refractivity (Wildman–Crippen MR) is 191 cm³/mol. The summed E-state index contributed by atoms with van der Waals surface area (Å²) in [6, 6.07) is 8.69. The second-order valence-electron chi connectivity index (χ2n) is 14.5. The van der Waals surface area contributed by atoms with Gasteiger partial charge < -0.3 is 24.3 Å². The van der Waals surface area contributed by atoms with E-state index in [1.54, 1.807) is 29.1 Å². The molecule has 3 aromatic rings. The second-order valence-corrected chi connectivity index (χ2v) is 16.8. The van der Waals surface area contributed by atoms with Crippen LogP contribution < -0.4 is 5.32 Å². The highest BCUT2D eigenvalue weighted by molar-refractivity contribution is 8.00. The lowest BCUT2D eigenvalue weighted by atomic mass is 9.94. The molecule has 2 aromatic heterocycles. The Balaban J connectivity index is 1.16. The molecule has 0 aliphatic carbocycles. The van der Waals surface area contributed by atoms with Gasteiger partial charge in [-0.05, 0) is 83.6 Å². The van der Waals surface area contributed by atoms with Gasteiger partial charge in [-0.3, -0.25) is 4.79 Å². The van der Waals surface area contributed by atoms with Gasteiger partial charge in [-0.25, -0.2) is 14.8 Å². The van der Waals surface area contributed by atoms with Gasteiger partial charge in [0.1, 0.15) is 11.4 Å². The zero-order chi connectivity index (χ0) is 34.2. The Hall–Kier alpha value is -2.89. The Bertz CT molecular complexity index is 1430. The number of hydrogen-bond acceptors (Lipinski definition) is 9. The van der Waals surface area contributed by atoms with E-state index in [0.717, 1.165) is 73.7 Å². The number of aromatic nitrogens is 2. The van der Waals surface area contributed by atoms with Crippen molar-refractivity contribution in [3.8, 4) is 0 Å². The molecule has 1 fully saturated rings. The minimum atomic E-state index is -0.517. The van der Waals surface area contributed by atoms with E-state index >= 15 is 0 Å². The van der Waals surface area contributed by atoms with Crippen molar-refractivity contribution >= 4 is 40.2 Å². The van der Waals surface area contributed by atoms with Crippen LogP contribution in [0, 0.1) is 5.92 Å². The molecule has 9 nitrogen and oxygen atoms in total. The molecule has 1 aliphatic heterocycles. The van der Waals surface area contributed by atoms with Crippen LogP contribution in [0.25, 0.3) is 0 Å². The fraction of sp³-hybridized carbons (Fsp3) is 0.611. The van der Waals surface area contributed by atoms with Gasteiger partial charge in [0.2, 0.25) is 11.8 Å². The molecule has 1 unspecified atom stereocenters. The van der Waals surface area contributed by atoms with Crippen LogP contribution in [0.1, 0.15) is 109 Å². The summed E-state index contributed by atoms with van der Waals surface area (Å²) in [5.74, 6) is 2.28. The molecule has 1 saturated heterocycles. The molecule has 4 rings (SSSR count). The number of nitrogens with one attached hydrogen (secondary N) is 1. The predicted octanol–water partition coefficient (Wildman–Crippen LogP) is 8.71. The first-order chi connectivity index (χ1) is 22.2. The molecule has 0 radical (unpaired) electrons. The largest absolute Gasteiger partial charge is 0.444 e. The third-order valence-corrected chi connectivity index (χ3v) is 10.4. The number of rotatable bonds is 13. The number of likely N-dealkylation sites (tertiary alicyclic amines) is 1. The first-order valence-corrected chi connectivity index (χ1v) is 18.6. The van der Waals surface area contributed by atoms with Crippen LogP contribution >= 0.6 is 23.1 Å². The van der Waals surface area contributed by atoms with Crippen LogP contribution in [-0.2, 0) is 27.1 Å². The van der Waals surface area contributed by atoms with Crippen molar-refractivity contribution in [1.82, 2.24) is 19.8 Å². The van der Waals surface area contributed by atoms with E-state index in [1.807, 2.05) is 27.8 Å². The zero-order valence-corrected chi connectivity index (χ0v) is 31.1. The Morgan fingerprint density at radius 1 is 1.11 bits per heavy atom. The van der Waals surface area contributed by atoms with Gasteiger partial charge in [-0.15, -0.1) is 11.8 Å². The highest BCUT2D eigenvalue weighted by atomic mass is 32.2. The summed E-state index contributed by atoms with van der Waals surface area (Å²) in [7, 11) is 1.83. The van der Waals surface area contributed by atoms with E-state index in [4.69, 9.17) is 9.15 Å². The minimum absolute atomic E-state index is 0.00836. The van der Waals surface area contributed by atoms with Gasteiger partial charge in [0.15, 0.2) is 5.13 Å². The number of carbonyl (C=O) groups is 2. The van der Waals surface area contributed by atoms with Crippen LogP contribution in [0.5, 0.6) is 0 Å². The fourth-order valence-electron chi connectivity index (χ4n) is 5.60. The number of carbonyl (C=O) groups excluding carboxylic acids is 2. The third kappa shape index (κ3) is 11.4. The van der Waals surface area contributed by atoms with Crippen molar-refractivity contribution in [2.45, 2.75) is 114 Å². The number of anilines is 1. The summed E-state index contributed by atoms with van der Waals surface area (Å²) >= 11 is 3.11. The SMILES string of the molecule is CCCC(c1ccc(CCCN2CCC(C(=O)Nc3ncc(SCc4ncc(C(C)(C)C)o4)s3)CC2)cc1)N(C)C(=O)OC(C)(C)C. The Morgan fingerprint density at radius 3 is 2.43 bits per heavy atom. The van der Waals surface area contributed by atoms with Crippen LogP contribution in [0.2, 0.25) is 0 Å². The summed E-state index contributed by atoms with van der Waals surface area (Å²) in [4.78, 5) is 38.7. The lowest BCUT2D eigenvalue weighted by Crippen LogP contribution is -2.38. The van der Waals surface area contributed by atoms with Gasteiger partial charge in [0.05, 0.1) is 28.4 Å². The highest BCUT2D eigenvalue weighted by Crippen LogP contribution is 2.33. The number of aryl methyl sites for hydroxylation is 1. The maximum atomic E-state index is 13.0. The van der Waals surface area contributed by atoms with E-state index in [9.17, 15) is 9.59 Å². The van der Waals surface area contributed by atoms with Crippen molar-refractivity contribution in [2.24, 2.45) is 5.92 Å². The van der Waals surface area contributed by atoms with E-state index in [0.29, 0.717) is 16.8 Å². The average Bonchev–Trinajstić information content (AvgIpc) is 3.68. The summed E-state index contributed by atoms with van der Waals surface area (Å²) in [5, 5.41) is 3.69. The van der Waals surface area contributed by atoms with E-state index in [-0.39, 0.29) is 29.4 Å². The standard InChI is InChI=1S/C36H53N5O4S2/c1-9-11-28(40(8)34(43)45-36(5,6)7)26-15-13-25(14-16-26)12-10-19-41-20-17-27(18-21-41)32(42)39-33-38-23-31(47-33)46-24-30-37-22-29(44-30)35(2,3)4/h13-16,22-23,27-28H,9-12,17-21,24H2,1-8H3,(H,38,39,42). The van der Waals surface area contributed by atoms with Gasteiger partial charge in [0, 0.05) is 18.4 Å². The molecule has 3 heterocycles. The lowest BCUT2D eigenvalue weighted by molar-refractivity contribution is -0.121. The van der Waals surface area contributed by atoms with E-state index in [2.05, 4.69) is 72.1 Å². The number of oxazole rings is 1. The normalized spacial score (nSPS) is 15.4. The van der Waals surface area contributed by atoms with Crippen molar-refractivity contribution in [3.05, 3.63) is 59.4 Å². The molecule has 0 saturated carbocycles. The second kappa shape index (κ2) is 16.5. The maximum Gasteiger partial charge on any atom is 0.410 e. The highest BCUT2D eigenvalue weighted by Gasteiger charge is 2.27. The molecule has 2 amide bonds. The van der Waals surface area contributed by atoms with Gasteiger partial charge in [0.25, 0.3) is 0 Å². The Morgan fingerprint density at radius 2 is 1.81 bits per heavy atom. The topological polar surface area (TPSA) is 101 Å². The fourth-order valence-corrected chi connectivity index (χ4v) is 7.33. The molecule has 0 spiro atoms. The number of nitrogens with zero attached hydrogens (tertiary/aromatic N) is 4. The molecule has 0 bridgehead atoms. The number of ether oxygens (including phenoxy) is 1. The quantitative estimate of drug-likeness (QED) is 0.179. The van der Waals surface area contributed by atoms with E-state index < -0.39 is 5.60 Å². The van der Waals surface area contributed by atoms with Gasteiger partial charge >= 0.3 is 6.09 Å². The van der Waals surface area contributed by atoms with Crippen LogP contribution in [0.4, 0.5) is 9.93 Å². The number of thiazole rings is 1. The van der Waals surface area contributed by atoms with Gasteiger partial charge in [-0.1, -0.05) is 69.7 Å². The lowest BCUT2D eigenvalue weighted by Gasteiger charge is -2.31. The Kier molecular flexibility index (Phi) is 13.0. The molecule has 1 N–H and O–H groups in total. The number of hydrogen-bond donors (Lipinski definition) is 1. The first-order valence-electron chi connectivity index (χ1n) is 16.8. The summed E-state index contributed by atoms with van der Waals surface area (Å²) in [6.45, 7) is 17.0. The number of piperidine rings is 1. The van der Waals surface area contributed by atoms with Crippen molar-refractivity contribution < 1.29 is 18.7 Å². The monoisotopic (exact) mass is 683 g/mol. The van der Waals surface area contributed by atoms with Crippen molar-refractivity contribution in [2.75, 3.05) is 32.0 Å². The summed E-state index contributed by atoms with van der Waals surface area (Å²) in [5.41, 5.74) is 1.86. The number of benzene rings is 1. The maximum absolute atomic E-state index is 13.0.